The van der Waals surface area contributed by atoms with Crippen LogP contribution in [-0.4, -0.2) is 36.7 Å². The average molecular weight is 289 g/mol. The number of carbonyl (C=O) groups is 1. The van der Waals surface area contributed by atoms with Gasteiger partial charge in [-0.15, -0.1) is 0 Å². The number of hydrogen-bond acceptors (Lipinski definition) is 5. The Morgan fingerprint density at radius 2 is 1.86 bits per heavy atom. The predicted molar refractivity (Wildman–Crippen MR) is 81.3 cm³/mol. The van der Waals surface area contributed by atoms with Gasteiger partial charge in [0, 0.05) is 6.20 Å². The first-order chi connectivity index (χ1) is 9.79. The van der Waals surface area contributed by atoms with Gasteiger partial charge >= 0.3 is 7.12 Å². The fourth-order valence-corrected chi connectivity index (χ4v) is 1.99. The van der Waals surface area contributed by atoms with Gasteiger partial charge in [0.1, 0.15) is 0 Å². The molecule has 6 heteroatoms. The molecule has 0 spiro atoms. The summed E-state index contributed by atoms with van der Waals surface area (Å²) in [5.74, 6) is 2.13. The largest absolute Gasteiger partial charge is 0.487 e. The highest BCUT2D eigenvalue weighted by molar-refractivity contribution is 6.52. The predicted octanol–water partition coefficient (Wildman–Crippen LogP) is 2.55. The molecule has 1 fully saturated rings. The molecule has 1 aromatic heterocycles. The van der Waals surface area contributed by atoms with Crippen LogP contribution in [0.4, 0.5) is 0 Å². The average Bonchev–Trinajstić information content (AvgIpc) is 2.64. The molecule has 0 atom stereocenters. The molecule has 1 aliphatic heterocycles. The van der Waals surface area contributed by atoms with Crippen LogP contribution in [0.1, 0.15) is 43.6 Å². The SMILES string of the molecule is COc1ncc(/C=C/B2OC(C)(C)C(C)(C)O2)cc1C=O. The van der Waals surface area contributed by atoms with E-state index in [1.165, 1.54) is 7.11 Å². The van der Waals surface area contributed by atoms with Crippen molar-refractivity contribution in [3.8, 4) is 5.88 Å². The highest BCUT2D eigenvalue weighted by Gasteiger charge is 2.49. The number of rotatable bonds is 4. The number of hydrogen-bond donors (Lipinski definition) is 0. The van der Waals surface area contributed by atoms with E-state index in [2.05, 4.69) is 4.98 Å². The third-order valence-corrected chi connectivity index (χ3v) is 3.94. The Bertz CT molecular complexity index is 553. The number of carbonyl (C=O) groups excluding carboxylic acids is 1. The minimum absolute atomic E-state index is 0.317. The molecule has 0 bridgehead atoms. The second-order valence-electron chi connectivity index (χ2n) is 5.97. The van der Waals surface area contributed by atoms with Crippen molar-refractivity contribution in [2.75, 3.05) is 7.11 Å². The van der Waals surface area contributed by atoms with Crippen molar-refractivity contribution in [2.24, 2.45) is 0 Å². The van der Waals surface area contributed by atoms with Crippen LogP contribution in [0.2, 0.25) is 0 Å². The number of aromatic nitrogens is 1. The van der Waals surface area contributed by atoms with Gasteiger partial charge in [-0.2, -0.15) is 0 Å². The van der Waals surface area contributed by atoms with E-state index < -0.39 is 7.12 Å². The first-order valence-corrected chi connectivity index (χ1v) is 6.82. The fourth-order valence-electron chi connectivity index (χ4n) is 1.99. The second kappa shape index (κ2) is 5.62. The fraction of sp³-hybridized carbons (Fsp3) is 0.467. The van der Waals surface area contributed by atoms with Gasteiger partial charge in [-0.25, -0.2) is 4.98 Å². The van der Waals surface area contributed by atoms with Gasteiger partial charge in [0.15, 0.2) is 6.29 Å². The monoisotopic (exact) mass is 289 g/mol. The van der Waals surface area contributed by atoms with E-state index in [0.29, 0.717) is 11.4 Å². The van der Waals surface area contributed by atoms with Crippen molar-refractivity contribution in [3.63, 3.8) is 0 Å². The molecule has 0 amide bonds. The van der Waals surface area contributed by atoms with E-state index >= 15 is 0 Å². The van der Waals surface area contributed by atoms with Crippen LogP contribution in [-0.2, 0) is 9.31 Å². The Kier molecular flexibility index (Phi) is 4.21. The first-order valence-electron chi connectivity index (χ1n) is 6.82. The minimum Gasteiger partial charge on any atom is -0.480 e. The quantitative estimate of drug-likeness (QED) is 0.629. The van der Waals surface area contributed by atoms with E-state index in [-0.39, 0.29) is 11.2 Å². The molecule has 0 N–H and O–H groups in total. The summed E-state index contributed by atoms with van der Waals surface area (Å²) in [6.07, 6.45) is 4.17. The van der Waals surface area contributed by atoms with Crippen LogP contribution in [0.25, 0.3) is 6.08 Å². The van der Waals surface area contributed by atoms with Crippen LogP contribution in [0.15, 0.2) is 18.2 Å². The van der Waals surface area contributed by atoms with Gasteiger partial charge in [0.25, 0.3) is 0 Å². The number of methoxy groups -OCH3 is 1. The standard InChI is InChI=1S/C15H20BNO4/c1-14(2)15(3,4)21-16(20-14)7-6-11-8-12(10-18)13(19-5)17-9-11/h6-10H,1-5H3/b7-6+. The van der Waals surface area contributed by atoms with E-state index in [0.717, 1.165) is 11.8 Å². The van der Waals surface area contributed by atoms with Crippen molar-refractivity contribution in [1.29, 1.82) is 0 Å². The number of nitrogens with zero attached hydrogens (tertiary/aromatic N) is 1. The van der Waals surface area contributed by atoms with Crippen molar-refractivity contribution < 1.29 is 18.8 Å². The molecule has 2 heterocycles. The Morgan fingerprint density at radius 3 is 2.38 bits per heavy atom. The summed E-state index contributed by atoms with van der Waals surface area (Å²) >= 11 is 0. The molecule has 5 nitrogen and oxygen atoms in total. The molecule has 0 aromatic carbocycles. The highest BCUT2D eigenvalue weighted by atomic mass is 16.7. The van der Waals surface area contributed by atoms with Crippen LogP contribution in [0.3, 0.4) is 0 Å². The summed E-state index contributed by atoms with van der Waals surface area (Å²) in [6, 6.07) is 1.71. The Balaban J connectivity index is 2.14. The van der Waals surface area contributed by atoms with Crippen molar-refractivity contribution >= 4 is 19.5 Å². The lowest BCUT2D eigenvalue weighted by Crippen LogP contribution is -2.41. The van der Waals surface area contributed by atoms with Crippen molar-refractivity contribution in [1.82, 2.24) is 4.98 Å². The lowest BCUT2D eigenvalue weighted by atomic mass is 9.89. The van der Waals surface area contributed by atoms with Gasteiger partial charge < -0.3 is 14.0 Å². The maximum absolute atomic E-state index is 11.0. The first kappa shape index (κ1) is 15.7. The molecule has 112 valence electrons. The molecule has 2 rings (SSSR count). The van der Waals surface area contributed by atoms with Crippen molar-refractivity contribution in [3.05, 3.63) is 29.4 Å². The summed E-state index contributed by atoms with van der Waals surface area (Å²) in [5.41, 5.74) is 0.462. The summed E-state index contributed by atoms with van der Waals surface area (Å²) in [5, 5.41) is 0. The third kappa shape index (κ3) is 3.17. The van der Waals surface area contributed by atoms with Gasteiger partial charge in [-0.05, 0) is 39.3 Å². The second-order valence-corrected chi connectivity index (χ2v) is 5.97. The molecule has 21 heavy (non-hydrogen) atoms. The van der Waals surface area contributed by atoms with Crippen molar-refractivity contribution in [2.45, 2.75) is 38.9 Å². The topological polar surface area (TPSA) is 57.6 Å². The molecule has 0 saturated carbocycles. The highest BCUT2D eigenvalue weighted by Crippen LogP contribution is 2.37. The number of pyridine rings is 1. The lowest BCUT2D eigenvalue weighted by Gasteiger charge is -2.32. The summed E-state index contributed by atoms with van der Waals surface area (Å²) in [7, 11) is 1.06. The van der Waals surface area contributed by atoms with E-state index in [9.17, 15) is 4.79 Å². The summed E-state index contributed by atoms with van der Waals surface area (Å²) in [4.78, 5) is 15.1. The van der Waals surface area contributed by atoms with Gasteiger partial charge in [-0.3, -0.25) is 4.79 Å². The van der Waals surface area contributed by atoms with Gasteiger partial charge in [0.2, 0.25) is 5.88 Å². The molecular formula is C15H20BNO4. The molecule has 1 aliphatic rings. The van der Waals surface area contributed by atoms with Crippen LogP contribution < -0.4 is 4.74 Å². The third-order valence-electron chi connectivity index (χ3n) is 3.94. The Hall–Kier alpha value is -1.66. The number of aldehydes is 1. The lowest BCUT2D eigenvalue weighted by molar-refractivity contribution is 0.00578. The van der Waals surface area contributed by atoms with E-state index in [1.807, 2.05) is 39.7 Å². The Morgan fingerprint density at radius 1 is 1.24 bits per heavy atom. The molecule has 0 radical (unpaired) electrons. The smallest absolute Gasteiger partial charge is 0.480 e. The normalized spacial score (nSPS) is 20.0. The molecule has 1 saturated heterocycles. The maximum atomic E-state index is 11.0. The zero-order valence-electron chi connectivity index (χ0n) is 13.0. The minimum atomic E-state index is -0.420. The zero-order chi connectivity index (χ0) is 15.7. The van der Waals surface area contributed by atoms with Crippen LogP contribution in [0.5, 0.6) is 5.88 Å². The van der Waals surface area contributed by atoms with Gasteiger partial charge in [-0.1, -0.05) is 12.1 Å². The maximum Gasteiger partial charge on any atom is 0.487 e. The Labute approximate surface area is 125 Å². The van der Waals surface area contributed by atoms with Crippen LogP contribution >= 0.6 is 0 Å². The summed E-state index contributed by atoms with van der Waals surface area (Å²) < 4.78 is 16.7. The molecule has 0 aliphatic carbocycles. The van der Waals surface area contributed by atoms with E-state index in [1.54, 1.807) is 12.3 Å². The van der Waals surface area contributed by atoms with E-state index in [4.69, 9.17) is 14.0 Å². The molecular weight excluding hydrogens is 269 g/mol. The van der Waals surface area contributed by atoms with Gasteiger partial charge in [0.05, 0.1) is 23.9 Å². The molecule has 1 aromatic rings. The zero-order valence-corrected chi connectivity index (χ0v) is 13.0. The molecule has 0 unspecified atom stereocenters. The number of ether oxygens (including phenoxy) is 1. The summed E-state index contributed by atoms with van der Waals surface area (Å²) in [6.45, 7) is 8.00. The van der Waals surface area contributed by atoms with Crippen LogP contribution in [0, 0.1) is 0 Å².